The van der Waals surface area contributed by atoms with Gasteiger partial charge in [0.15, 0.2) is 0 Å². The van der Waals surface area contributed by atoms with Crippen molar-refractivity contribution in [3.63, 3.8) is 0 Å². The van der Waals surface area contributed by atoms with Crippen molar-refractivity contribution in [2.75, 3.05) is 6.54 Å². The molecule has 3 heterocycles. The molecule has 0 unspecified atom stereocenters. The highest BCUT2D eigenvalue weighted by atomic mass is 32.1. The topological polar surface area (TPSA) is 79.0 Å². The molecule has 1 fully saturated rings. The first-order valence-corrected chi connectivity index (χ1v) is 9.11. The van der Waals surface area contributed by atoms with E-state index in [4.69, 9.17) is 0 Å². The lowest BCUT2D eigenvalue weighted by Crippen LogP contribution is -2.40. The van der Waals surface area contributed by atoms with Gasteiger partial charge in [0.05, 0.1) is 12.5 Å². The number of carbonyl (C=O) groups is 1. The zero-order chi connectivity index (χ0) is 17.3. The quantitative estimate of drug-likeness (QED) is 0.926. The third kappa shape index (κ3) is 3.40. The Labute approximate surface area is 145 Å². The predicted octanol–water partition coefficient (Wildman–Crippen LogP) is 2.45. The average Bonchev–Trinajstić information content (AvgIpc) is 2.97. The van der Waals surface area contributed by atoms with Gasteiger partial charge in [0, 0.05) is 28.9 Å². The lowest BCUT2D eigenvalue weighted by molar-refractivity contribution is -0.134. The van der Waals surface area contributed by atoms with Gasteiger partial charge in [-0.3, -0.25) is 9.59 Å². The number of hydrogen-bond acceptors (Lipinski definition) is 5. The van der Waals surface area contributed by atoms with Crippen LogP contribution in [0.2, 0.25) is 0 Å². The van der Waals surface area contributed by atoms with E-state index in [9.17, 15) is 9.59 Å². The first-order chi connectivity index (χ1) is 11.5. The van der Waals surface area contributed by atoms with Crippen molar-refractivity contribution < 1.29 is 4.79 Å². The van der Waals surface area contributed by atoms with Crippen LogP contribution >= 0.6 is 11.3 Å². The first kappa shape index (κ1) is 16.8. The van der Waals surface area contributed by atoms with Crippen LogP contribution in [0, 0.1) is 20.8 Å². The second kappa shape index (κ2) is 6.84. The molecule has 6 nitrogen and oxygen atoms in total. The highest BCUT2D eigenvalue weighted by Crippen LogP contribution is 2.33. The van der Waals surface area contributed by atoms with Gasteiger partial charge < -0.3 is 9.88 Å². The summed E-state index contributed by atoms with van der Waals surface area (Å²) in [5.74, 6) is 0.551. The number of aryl methyl sites for hydroxylation is 3. The second-order valence-electron chi connectivity index (χ2n) is 6.32. The van der Waals surface area contributed by atoms with Crippen LogP contribution in [0.4, 0.5) is 0 Å². The van der Waals surface area contributed by atoms with Gasteiger partial charge in [-0.05, 0) is 40.0 Å². The molecule has 0 spiro atoms. The molecule has 7 heteroatoms. The van der Waals surface area contributed by atoms with Gasteiger partial charge in [-0.15, -0.1) is 11.3 Å². The van der Waals surface area contributed by atoms with Crippen LogP contribution in [0.1, 0.15) is 53.1 Å². The summed E-state index contributed by atoms with van der Waals surface area (Å²) in [5.41, 5.74) is 1.86. The number of aromatic amines is 1. The minimum absolute atomic E-state index is 0.0215. The highest BCUT2D eigenvalue weighted by Gasteiger charge is 2.30. The monoisotopic (exact) mass is 346 g/mol. The van der Waals surface area contributed by atoms with Gasteiger partial charge in [0.2, 0.25) is 5.91 Å². The molecule has 1 atom stereocenters. The van der Waals surface area contributed by atoms with Crippen molar-refractivity contribution in [2.24, 2.45) is 0 Å². The summed E-state index contributed by atoms with van der Waals surface area (Å²) in [4.78, 5) is 38.4. The molecule has 2 aromatic rings. The normalized spacial score (nSPS) is 18.0. The molecule has 2 aromatic heterocycles. The van der Waals surface area contributed by atoms with Crippen LogP contribution in [0.15, 0.2) is 10.2 Å². The van der Waals surface area contributed by atoms with Gasteiger partial charge in [-0.2, -0.15) is 0 Å². The Morgan fingerprint density at radius 1 is 1.33 bits per heavy atom. The summed E-state index contributed by atoms with van der Waals surface area (Å²) >= 11 is 1.61. The molecule has 0 saturated carbocycles. The molecule has 1 saturated heterocycles. The predicted molar refractivity (Wildman–Crippen MR) is 93.2 cm³/mol. The minimum Gasteiger partial charge on any atom is -0.333 e. The Morgan fingerprint density at radius 2 is 2.12 bits per heavy atom. The van der Waals surface area contributed by atoms with Crippen LogP contribution in [0.3, 0.4) is 0 Å². The van der Waals surface area contributed by atoms with Crippen LogP contribution in [-0.4, -0.2) is 32.3 Å². The van der Waals surface area contributed by atoms with Gasteiger partial charge in [-0.1, -0.05) is 0 Å². The van der Waals surface area contributed by atoms with Crippen molar-refractivity contribution in [3.05, 3.63) is 43.5 Å². The zero-order valence-electron chi connectivity index (χ0n) is 14.3. The average molecular weight is 346 g/mol. The maximum Gasteiger partial charge on any atom is 0.254 e. The number of aromatic nitrogens is 3. The summed E-state index contributed by atoms with van der Waals surface area (Å²) in [6, 6.07) is 0.0303. The van der Waals surface area contributed by atoms with Crippen molar-refractivity contribution in [1.82, 2.24) is 19.9 Å². The molecular formula is C17H22N4O2S. The van der Waals surface area contributed by atoms with Crippen molar-refractivity contribution >= 4 is 17.2 Å². The van der Waals surface area contributed by atoms with E-state index in [1.165, 1.54) is 0 Å². The van der Waals surface area contributed by atoms with Crippen molar-refractivity contribution in [2.45, 2.75) is 52.5 Å². The van der Waals surface area contributed by atoms with E-state index >= 15 is 0 Å². The lowest BCUT2D eigenvalue weighted by Gasteiger charge is -2.34. The number of nitrogens with zero attached hydrogens (tertiary/aromatic N) is 3. The van der Waals surface area contributed by atoms with Crippen LogP contribution in [0.25, 0.3) is 0 Å². The Bertz CT molecular complexity index is 811. The number of amides is 1. The lowest BCUT2D eigenvalue weighted by atomic mass is 10.0. The van der Waals surface area contributed by atoms with E-state index in [0.29, 0.717) is 17.1 Å². The van der Waals surface area contributed by atoms with Gasteiger partial charge in [0.1, 0.15) is 10.8 Å². The molecule has 1 N–H and O–H groups in total. The van der Waals surface area contributed by atoms with E-state index in [-0.39, 0.29) is 23.9 Å². The van der Waals surface area contributed by atoms with E-state index in [0.717, 1.165) is 36.5 Å². The molecular weight excluding hydrogens is 324 g/mol. The third-order valence-corrected chi connectivity index (χ3v) is 5.48. The molecule has 1 aliphatic heterocycles. The van der Waals surface area contributed by atoms with Crippen LogP contribution in [-0.2, 0) is 11.2 Å². The fourth-order valence-corrected chi connectivity index (χ4v) is 4.17. The van der Waals surface area contributed by atoms with Gasteiger partial charge >= 0.3 is 0 Å². The number of rotatable bonds is 3. The second-order valence-corrected chi connectivity index (χ2v) is 7.21. The maximum atomic E-state index is 12.9. The number of thiazole rings is 1. The Morgan fingerprint density at radius 3 is 2.79 bits per heavy atom. The third-order valence-electron chi connectivity index (χ3n) is 4.41. The summed E-state index contributed by atoms with van der Waals surface area (Å²) in [7, 11) is 0. The summed E-state index contributed by atoms with van der Waals surface area (Å²) < 4.78 is 0. The Balaban J connectivity index is 1.84. The number of likely N-dealkylation sites (tertiary alicyclic amines) is 1. The first-order valence-electron chi connectivity index (χ1n) is 8.23. The molecule has 1 amide bonds. The van der Waals surface area contributed by atoms with Gasteiger partial charge in [-0.25, -0.2) is 9.97 Å². The molecule has 0 aromatic carbocycles. The van der Waals surface area contributed by atoms with Gasteiger partial charge in [0.25, 0.3) is 5.56 Å². The SMILES string of the molecule is Cc1csc([C@@H]2CCCCN2C(=O)Cc2c(C)nc(C)[nH]c2=O)n1. The maximum absolute atomic E-state index is 12.9. The van der Waals surface area contributed by atoms with Crippen molar-refractivity contribution in [3.8, 4) is 0 Å². The van der Waals surface area contributed by atoms with E-state index in [1.54, 1.807) is 25.2 Å². The number of nitrogens with one attached hydrogen (secondary N) is 1. The smallest absolute Gasteiger partial charge is 0.254 e. The summed E-state index contributed by atoms with van der Waals surface area (Å²) in [5, 5.41) is 3.01. The fourth-order valence-electron chi connectivity index (χ4n) is 3.22. The number of hydrogen-bond donors (Lipinski definition) is 1. The highest BCUT2D eigenvalue weighted by molar-refractivity contribution is 7.09. The molecule has 24 heavy (non-hydrogen) atoms. The Hall–Kier alpha value is -2.02. The fraction of sp³-hybridized carbons (Fsp3) is 0.529. The largest absolute Gasteiger partial charge is 0.333 e. The van der Waals surface area contributed by atoms with Crippen molar-refractivity contribution in [1.29, 1.82) is 0 Å². The summed E-state index contributed by atoms with van der Waals surface area (Å²) in [6.45, 7) is 6.21. The molecule has 0 bridgehead atoms. The number of H-pyrrole nitrogens is 1. The van der Waals surface area contributed by atoms with Crippen LogP contribution in [0.5, 0.6) is 0 Å². The Kier molecular flexibility index (Phi) is 4.80. The molecule has 128 valence electrons. The van der Waals surface area contributed by atoms with E-state index < -0.39 is 0 Å². The van der Waals surface area contributed by atoms with Crippen LogP contribution < -0.4 is 5.56 Å². The minimum atomic E-state index is -0.216. The standard InChI is InChI=1S/C17H22N4O2S/c1-10-9-24-17(18-10)14-6-4-5-7-21(14)15(22)8-13-11(2)19-12(3)20-16(13)23/h9,14H,4-8H2,1-3H3,(H,19,20,23)/t14-/m0/s1. The molecule has 3 rings (SSSR count). The molecule has 1 aliphatic rings. The van der Waals surface area contributed by atoms with E-state index in [1.807, 2.05) is 17.2 Å². The summed E-state index contributed by atoms with van der Waals surface area (Å²) in [6.07, 6.45) is 3.11. The molecule has 0 radical (unpaired) electrons. The molecule has 0 aliphatic carbocycles. The number of piperidine rings is 1. The van der Waals surface area contributed by atoms with E-state index in [2.05, 4.69) is 15.0 Å². The zero-order valence-corrected chi connectivity index (χ0v) is 15.1. The number of carbonyl (C=O) groups excluding carboxylic acids is 1.